The van der Waals surface area contributed by atoms with E-state index in [0.29, 0.717) is 6.61 Å². The summed E-state index contributed by atoms with van der Waals surface area (Å²) in [5, 5.41) is 0.737. The Kier molecular flexibility index (Phi) is 4.14. The molecule has 0 saturated heterocycles. The minimum Gasteiger partial charge on any atom is -0.493 e. The molecule has 3 rings (SSSR count). The highest BCUT2D eigenvalue weighted by Crippen LogP contribution is 2.34. The summed E-state index contributed by atoms with van der Waals surface area (Å²) in [6, 6.07) is 7.96. The first-order chi connectivity index (χ1) is 10.0. The monoisotopic (exact) mass is 366 g/mol. The number of fused-ring (bicyclic) bond motifs is 1. The standard InChI is InChI=1S/C17H16BrClO2/c1-10-5-15(6-11(2)16(10)18)21-9-13-8-14(19)7-12-3-4-20-17(12)13/h5-8H,3-4,9H2,1-2H3. The summed E-state index contributed by atoms with van der Waals surface area (Å²) in [4.78, 5) is 0. The third-order valence-corrected chi connectivity index (χ3v) is 5.10. The first-order valence-corrected chi connectivity index (χ1v) is 8.05. The maximum atomic E-state index is 6.16. The molecule has 21 heavy (non-hydrogen) atoms. The Morgan fingerprint density at radius 3 is 2.62 bits per heavy atom. The largest absolute Gasteiger partial charge is 0.493 e. The second kappa shape index (κ2) is 5.90. The van der Waals surface area contributed by atoms with Gasteiger partial charge in [-0.3, -0.25) is 0 Å². The van der Waals surface area contributed by atoms with Crippen LogP contribution in [0.1, 0.15) is 22.3 Å². The molecule has 1 heterocycles. The van der Waals surface area contributed by atoms with Gasteiger partial charge in [0.15, 0.2) is 0 Å². The third kappa shape index (κ3) is 3.04. The van der Waals surface area contributed by atoms with Crippen molar-refractivity contribution in [2.45, 2.75) is 26.9 Å². The molecule has 0 saturated carbocycles. The molecule has 2 aromatic rings. The van der Waals surface area contributed by atoms with Gasteiger partial charge in [-0.2, -0.15) is 0 Å². The highest BCUT2D eigenvalue weighted by Gasteiger charge is 2.18. The van der Waals surface area contributed by atoms with Crippen molar-refractivity contribution >= 4 is 27.5 Å². The zero-order valence-corrected chi connectivity index (χ0v) is 14.3. The first-order valence-electron chi connectivity index (χ1n) is 6.88. The van der Waals surface area contributed by atoms with Crippen LogP contribution in [0, 0.1) is 13.8 Å². The Labute approximate surface area is 138 Å². The van der Waals surface area contributed by atoms with Crippen molar-refractivity contribution in [3.63, 3.8) is 0 Å². The molecule has 0 spiro atoms. The average molecular weight is 368 g/mol. The minimum atomic E-state index is 0.462. The van der Waals surface area contributed by atoms with E-state index in [-0.39, 0.29) is 0 Å². The van der Waals surface area contributed by atoms with Crippen molar-refractivity contribution < 1.29 is 9.47 Å². The molecule has 1 aliphatic rings. The Morgan fingerprint density at radius 2 is 1.90 bits per heavy atom. The number of benzene rings is 2. The zero-order valence-electron chi connectivity index (χ0n) is 12.0. The second-order valence-corrected chi connectivity index (χ2v) is 6.54. The van der Waals surface area contributed by atoms with Crippen molar-refractivity contribution in [2.24, 2.45) is 0 Å². The zero-order chi connectivity index (χ0) is 15.0. The van der Waals surface area contributed by atoms with Gasteiger partial charge in [-0.25, -0.2) is 0 Å². The Morgan fingerprint density at radius 1 is 1.19 bits per heavy atom. The van der Waals surface area contributed by atoms with Gasteiger partial charge in [-0.1, -0.05) is 27.5 Å². The highest BCUT2D eigenvalue weighted by atomic mass is 79.9. The lowest BCUT2D eigenvalue weighted by Crippen LogP contribution is -1.99. The molecule has 2 aromatic carbocycles. The molecule has 0 aromatic heterocycles. The molecule has 4 heteroatoms. The molecular weight excluding hydrogens is 352 g/mol. The maximum Gasteiger partial charge on any atom is 0.129 e. The fraction of sp³-hybridized carbons (Fsp3) is 0.294. The van der Waals surface area contributed by atoms with Gasteiger partial charge in [0.05, 0.1) is 6.61 Å². The fourth-order valence-electron chi connectivity index (χ4n) is 2.60. The van der Waals surface area contributed by atoms with Gasteiger partial charge in [0.2, 0.25) is 0 Å². The molecule has 0 atom stereocenters. The molecule has 0 aliphatic carbocycles. The van der Waals surface area contributed by atoms with Crippen LogP contribution in [-0.2, 0) is 13.0 Å². The predicted molar refractivity (Wildman–Crippen MR) is 88.6 cm³/mol. The van der Waals surface area contributed by atoms with Gasteiger partial charge in [-0.05, 0) is 54.8 Å². The molecule has 0 N–H and O–H groups in total. The SMILES string of the molecule is Cc1cc(OCc2cc(Cl)cc3c2OCC3)cc(C)c1Br. The molecule has 0 fully saturated rings. The van der Waals surface area contributed by atoms with Gasteiger partial charge >= 0.3 is 0 Å². The molecular formula is C17H16BrClO2. The lowest BCUT2D eigenvalue weighted by molar-refractivity contribution is 0.291. The minimum absolute atomic E-state index is 0.462. The fourth-order valence-corrected chi connectivity index (χ4v) is 3.10. The Hall–Kier alpha value is -1.19. The van der Waals surface area contributed by atoms with Crippen LogP contribution in [0.25, 0.3) is 0 Å². The van der Waals surface area contributed by atoms with Crippen molar-refractivity contribution in [3.05, 3.63) is 56.0 Å². The van der Waals surface area contributed by atoms with E-state index in [1.807, 2.05) is 24.3 Å². The summed E-state index contributed by atoms with van der Waals surface area (Å²) in [5.41, 5.74) is 4.51. The average Bonchev–Trinajstić information content (AvgIpc) is 2.90. The molecule has 110 valence electrons. The van der Waals surface area contributed by atoms with Crippen LogP contribution in [-0.4, -0.2) is 6.61 Å². The smallest absolute Gasteiger partial charge is 0.129 e. The van der Waals surface area contributed by atoms with Crippen LogP contribution in [0.5, 0.6) is 11.5 Å². The molecule has 0 amide bonds. The van der Waals surface area contributed by atoms with E-state index < -0.39 is 0 Å². The van der Waals surface area contributed by atoms with Gasteiger partial charge in [0, 0.05) is 21.5 Å². The van der Waals surface area contributed by atoms with Crippen LogP contribution in [0.15, 0.2) is 28.7 Å². The van der Waals surface area contributed by atoms with E-state index in [0.717, 1.165) is 50.7 Å². The number of hydrogen-bond donors (Lipinski definition) is 0. The normalized spacial score (nSPS) is 13.0. The number of ether oxygens (including phenoxy) is 2. The van der Waals surface area contributed by atoms with E-state index in [4.69, 9.17) is 21.1 Å². The number of rotatable bonds is 3. The van der Waals surface area contributed by atoms with Crippen LogP contribution in [0.3, 0.4) is 0 Å². The molecule has 1 aliphatic heterocycles. The lowest BCUT2D eigenvalue weighted by Gasteiger charge is -2.12. The topological polar surface area (TPSA) is 18.5 Å². The molecule has 0 radical (unpaired) electrons. The van der Waals surface area contributed by atoms with Crippen LogP contribution in [0.4, 0.5) is 0 Å². The second-order valence-electron chi connectivity index (χ2n) is 5.31. The summed E-state index contributed by atoms with van der Waals surface area (Å²) in [5.74, 6) is 1.80. The van der Waals surface area contributed by atoms with Crippen LogP contribution in [0.2, 0.25) is 5.02 Å². The van der Waals surface area contributed by atoms with Gasteiger partial charge < -0.3 is 9.47 Å². The van der Waals surface area contributed by atoms with E-state index in [2.05, 4.69) is 29.8 Å². The van der Waals surface area contributed by atoms with Crippen molar-refractivity contribution in [2.75, 3.05) is 6.61 Å². The summed E-state index contributed by atoms with van der Waals surface area (Å²) in [6.07, 6.45) is 0.916. The van der Waals surface area contributed by atoms with Crippen LogP contribution >= 0.6 is 27.5 Å². The lowest BCUT2D eigenvalue weighted by atomic mass is 10.1. The molecule has 0 bridgehead atoms. The van der Waals surface area contributed by atoms with Crippen molar-refractivity contribution in [1.29, 1.82) is 0 Å². The highest BCUT2D eigenvalue weighted by molar-refractivity contribution is 9.10. The molecule has 0 unspecified atom stereocenters. The summed E-state index contributed by atoms with van der Waals surface area (Å²) in [6.45, 7) is 5.30. The van der Waals surface area contributed by atoms with E-state index in [1.54, 1.807) is 0 Å². The number of hydrogen-bond acceptors (Lipinski definition) is 2. The first kappa shape index (κ1) is 14.7. The Bertz CT molecular complexity index is 674. The quantitative estimate of drug-likeness (QED) is 0.739. The van der Waals surface area contributed by atoms with E-state index in [9.17, 15) is 0 Å². The van der Waals surface area contributed by atoms with Crippen molar-refractivity contribution in [3.8, 4) is 11.5 Å². The Balaban J connectivity index is 1.83. The summed E-state index contributed by atoms with van der Waals surface area (Å²) in [7, 11) is 0. The van der Waals surface area contributed by atoms with Crippen LogP contribution < -0.4 is 9.47 Å². The maximum absolute atomic E-state index is 6.16. The number of aryl methyl sites for hydroxylation is 2. The number of halogens is 2. The summed E-state index contributed by atoms with van der Waals surface area (Å²) < 4.78 is 12.7. The summed E-state index contributed by atoms with van der Waals surface area (Å²) >= 11 is 9.73. The van der Waals surface area contributed by atoms with Crippen molar-refractivity contribution in [1.82, 2.24) is 0 Å². The third-order valence-electron chi connectivity index (χ3n) is 3.63. The van der Waals surface area contributed by atoms with Gasteiger partial charge in [0.25, 0.3) is 0 Å². The predicted octanol–water partition coefficient (Wildman–Crippen LogP) is 5.23. The van der Waals surface area contributed by atoms with E-state index >= 15 is 0 Å². The molecule has 2 nitrogen and oxygen atoms in total. The van der Waals surface area contributed by atoms with Gasteiger partial charge in [0.1, 0.15) is 18.1 Å². The van der Waals surface area contributed by atoms with E-state index in [1.165, 1.54) is 5.56 Å². The van der Waals surface area contributed by atoms with Gasteiger partial charge in [-0.15, -0.1) is 0 Å².